The first-order valence-corrected chi connectivity index (χ1v) is 9.90. The van der Waals surface area contributed by atoms with E-state index in [0.29, 0.717) is 11.7 Å². The molecule has 2 fully saturated rings. The van der Waals surface area contributed by atoms with E-state index in [1.54, 1.807) is 4.80 Å². The summed E-state index contributed by atoms with van der Waals surface area (Å²) in [5, 5.41) is 13.2. The zero-order chi connectivity index (χ0) is 17.9. The fraction of sp³-hybridized carbons (Fsp3) is 0.600. The van der Waals surface area contributed by atoms with Gasteiger partial charge in [0.25, 0.3) is 0 Å². The van der Waals surface area contributed by atoms with Crippen LogP contribution in [-0.2, 0) is 4.79 Å². The predicted octanol–water partition coefficient (Wildman–Crippen LogP) is 3.60. The van der Waals surface area contributed by atoms with Gasteiger partial charge in [0.1, 0.15) is 0 Å². The van der Waals surface area contributed by atoms with Gasteiger partial charge in [-0.1, -0.05) is 31.4 Å². The summed E-state index contributed by atoms with van der Waals surface area (Å²) in [7, 11) is 0. The minimum atomic E-state index is -0.0308. The molecule has 26 heavy (non-hydrogen) atoms. The molecule has 0 bridgehead atoms. The Bertz CT molecular complexity index is 765. The fourth-order valence-corrected chi connectivity index (χ4v) is 4.27. The van der Waals surface area contributed by atoms with E-state index in [-0.39, 0.29) is 12.0 Å². The molecule has 0 radical (unpaired) electrons. The van der Waals surface area contributed by atoms with E-state index in [2.05, 4.69) is 15.4 Å². The lowest BCUT2D eigenvalue weighted by Gasteiger charge is -2.37. The molecule has 1 saturated heterocycles. The Morgan fingerprint density at radius 2 is 1.88 bits per heavy atom. The van der Waals surface area contributed by atoms with Crippen molar-refractivity contribution < 1.29 is 4.79 Å². The summed E-state index contributed by atoms with van der Waals surface area (Å²) < 4.78 is 0. The zero-order valence-electron chi connectivity index (χ0n) is 15.5. The van der Waals surface area contributed by atoms with E-state index in [4.69, 9.17) is 0 Å². The highest BCUT2D eigenvalue weighted by molar-refractivity contribution is 5.79. The monoisotopic (exact) mass is 353 g/mol. The van der Waals surface area contributed by atoms with Crippen LogP contribution in [0.2, 0.25) is 0 Å². The second-order valence-corrected chi connectivity index (χ2v) is 7.65. The van der Waals surface area contributed by atoms with Crippen LogP contribution >= 0.6 is 0 Å². The fourth-order valence-electron chi connectivity index (χ4n) is 4.27. The Labute approximate surface area is 154 Å². The van der Waals surface area contributed by atoms with E-state index in [1.165, 1.54) is 19.3 Å². The van der Waals surface area contributed by atoms with Gasteiger partial charge in [-0.05, 0) is 61.9 Å². The van der Waals surface area contributed by atoms with Gasteiger partial charge in [-0.25, -0.2) is 0 Å². The molecule has 2 heterocycles. The molecular weight excluding hydrogens is 326 g/mol. The van der Waals surface area contributed by atoms with Gasteiger partial charge in [0.2, 0.25) is 5.91 Å². The number of amides is 1. The Balaban J connectivity index is 1.55. The van der Waals surface area contributed by atoms with Crippen LogP contribution in [0.4, 0.5) is 0 Å². The number of hydrogen-bond acceptors (Lipinski definition) is 4. The van der Waals surface area contributed by atoms with Crippen molar-refractivity contribution in [2.75, 3.05) is 6.54 Å². The van der Waals surface area contributed by atoms with Gasteiger partial charge in [0.15, 0.2) is 5.82 Å². The zero-order valence-corrected chi connectivity index (χ0v) is 15.5. The highest BCUT2D eigenvalue weighted by atomic mass is 16.2. The van der Waals surface area contributed by atoms with Gasteiger partial charge in [0.05, 0.1) is 11.7 Å². The highest BCUT2D eigenvalue weighted by Crippen LogP contribution is 2.33. The summed E-state index contributed by atoms with van der Waals surface area (Å²) in [6.07, 6.45) is 8.79. The lowest BCUT2D eigenvalue weighted by Crippen LogP contribution is -2.42. The van der Waals surface area contributed by atoms with Crippen molar-refractivity contribution in [2.45, 2.75) is 64.3 Å². The number of rotatable bonds is 3. The van der Waals surface area contributed by atoms with Crippen LogP contribution in [0.5, 0.6) is 0 Å². The highest BCUT2D eigenvalue weighted by Gasteiger charge is 2.35. The van der Waals surface area contributed by atoms with Gasteiger partial charge < -0.3 is 4.90 Å². The van der Waals surface area contributed by atoms with Crippen LogP contribution in [0, 0.1) is 12.8 Å². The third kappa shape index (κ3) is 3.50. The van der Waals surface area contributed by atoms with Crippen molar-refractivity contribution in [1.82, 2.24) is 25.1 Å². The van der Waals surface area contributed by atoms with E-state index < -0.39 is 0 Å². The van der Waals surface area contributed by atoms with Crippen molar-refractivity contribution in [3.8, 4) is 5.69 Å². The van der Waals surface area contributed by atoms with Gasteiger partial charge in [-0.15, -0.1) is 15.0 Å². The third-order valence-corrected chi connectivity index (χ3v) is 5.70. The standard InChI is InChI=1S/C20H27N5O/c1-15-8-7-11-17(14-15)25-22-19(21-23-25)18-12-5-6-13-24(18)20(26)16-9-3-2-4-10-16/h7-8,11,14,16,18H,2-6,9-10,12-13H2,1H3. The minimum absolute atomic E-state index is 0.0308. The van der Waals surface area contributed by atoms with Crippen LogP contribution < -0.4 is 0 Å². The maximum absolute atomic E-state index is 13.1. The van der Waals surface area contributed by atoms with E-state index in [1.807, 2.05) is 36.1 Å². The molecule has 6 heteroatoms. The molecule has 1 amide bonds. The first-order chi connectivity index (χ1) is 12.7. The summed E-state index contributed by atoms with van der Waals surface area (Å²) in [6, 6.07) is 8.03. The summed E-state index contributed by atoms with van der Waals surface area (Å²) in [4.78, 5) is 16.7. The number of benzene rings is 1. The van der Waals surface area contributed by atoms with Gasteiger partial charge in [-0.3, -0.25) is 4.79 Å². The smallest absolute Gasteiger partial charge is 0.226 e. The molecule has 1 aromatic heterocycles. The number of hydrogen-bond donors (Lipinski definition) is 0. The molecule has 1 atom stereocenters. The summed E-state index contributed by atoms with van der Waals surface area (Å²) in [5.41, 5.74) is 2.07. The Kier molecular flexibility index (Phi) is 5.00. The average Bonchev–Trinajstić information content (AvgIpc) is 3.18. The SMILES string of the molecule is Cc1cccc(-n2nnc(C3CCCCN3C(=O)C3CCCCC3)n2)c1. The normalized spacial score (nSPS) is 21.7. The molecule has 2 aromatic rings. The van der Waals surface area contributed by atoms with Crippen LogP contribution in [0.1, 0.15) is 68.8 Å². The molecule has 2 aliphatic rings. The Morgan fingerprint density at radius 3 is 2.69 bits per heavy atom. The van der Waals surface area contributed by atoms with Crippen LogP contribution in [0.25, 0.3) is 5.69 Å². The van der Waals surface area contributed by atoms with Crippen molar-refractivity contribution >= 4 is 5.91 Å². The van der Waals surface area contributed by atoms with Crippen molar-refractivity contribution in [2.24, 2.45) is 5.92 Å². The minimum Gasteiger partial charge on any atom is -0.332 e. The maximum Gasteiger partial charge on any atom is 0.226 e. The van der Waals surface area contributed by atoms with Crippen LogP contribution in [-0.4, -0.2) is 37.6 Å². The molecule has 0 N–H and O–H groups in total. The maximum atomic E-state index is 13.1. The molecule has 138 valence electrons. The van der Waals surface area contributed by atoms with E-state index >= 15 is 0 Å². The largest absolute Gasteiger partial charge is 0.332 e. The second-order valence-electron chi connectivity index (χ2n) is 7.65. The van der Waals surface area contributed by atoms with Gasteiger partial charge >= 0.3 is 0 Å². The molecule has 4 rings (SSSR count). The first-order valence-electron chi connectivity index (χ1n) is 9.90. The number of carbonyl (C=O) groups is 1. The van der Waals surface area contributed by atoms with E-state index in [0.717, 1.165) is 49.9 Å². The molecular formula is C20H27N5O. The quantitative estimate of drug-likeness (QED) is 0.846. The molecule has 1 aliphatic carbocycles. The number of aryl methyl sites for hydroxylation is 1. The molecule has 1 aromatic carbocycles. The van der Waals surface area contributed by atoms with E-state index in [9.17, 15) is 4.79 Å². The third-order valence-electron chi connectivity index (χ3n) is 5.70. The number of aromatic nitrogens is 4. The number of piperidine rings is 1. The number of carbonyl (C=O) groups excluding carboxylic acids is 1. The topological polar surface area (TPSA) is 63.9 Å². The Hall–Kier alpha value is -2.24. The summed E-state index contributed by atoms with van der Waals surface area (Å²) in [5.74, 6) is 1.17. The predicted molar refractivity (Wildman–Crippen MR) is 98.8 cm³/mol. The van der Waals surface area contributed by atoms with Crippen molar-refractivity contribution in [3.05, 3.63) is 35.7 Å². The molecule has 1 aliphatic heterocycles. The Morgan fingerprint density at radius 1 is 1.08 bits per heavy atom. The van der Waals surface area contributed by atoms with Crippen molar-refractivity contribution in [1.29, 1.82) is 0 Å². The number of nitrogens with zero attached hydrogens (tertiary/aromatic N) is 5. The number of likely N-dealkylation sites (tertiary alicyclic amines) is 1. The molecule has 6 nitrogen and oxygen atoms in total. The lowest BCUT2D eigenvalue weighted by atomic mass is 9.87. The van der Waals surface area contributed by atoms with Crippen LogP contribution in [0.15, 0.2) is 24.3 Å². The molecule has 1 unspecified atom stereocenters. The number of tetrazole rings is 1. The average molecular weight is 353 g/mol. The first kappa shape index (κ1) is 17.2. The summed E-state index contributed by atoms with van der Waals surface area (Å²) in [6.45, 7) is 2.87. The lowest BCUT2D eigenvalue weighted by molar-refractivity contribution is -0.140. The van der Waals surface area contributed by atoms with Crippen LogP contribution in [0.3, 0.4) is 0 Å². The summed E-state index contributed by atoms with van der Waals surface area (Å²) >= 11 is 0. The van der Waals surface area contributed by atoms with Crippen molar-refractivity contribution in [3.63, 3.8) is 0 Å². The molecule has 0 spiro atoms. The van der Waals surface area contributed by atoms with Gasteiger partial charge in [-0.2, -0.15) is 0 Å². The van der Waals surface area contributed by atoms with Gasteiger partial charge in [0, 0.05) is 12.5 Å². The second kappa shape index (κ2) is 7.56. The molecule has 1 saturated carbocycles.